The third-order valence-electron chi connectivity index (χ3n) is 13.9. The van der Waals surface area contributed by atoms with Crippen LogP contribution in [0.1, 0.15) is 112 Å². The lowest BCUT2D eigenvalue weighted by Crippen LogP contribution is -2.54. The minimum absolute atomic E-state index is 0.0685. The van der Waals surface area contributed by atoms with E-state index in [4.69, 9.17) is 0 Å². The highest BCUT2D eigenvalue weighted by Crippen LogP contribution is 2.42. The van der Waals surface area contributed by atoms with Crippen LogP contribution >= 0.6 is 0 Å². The van der Waals surface area contributed by atoms with Gasteiger partial charge in [0.2, 0.25) is 17.7 Å². The standard InChI is InChI=1S/C46H46F3N7O5/c1-24-16-32-31-4-2-3-5-36(31)51-40(32)42(55(24)23-38(48)49)41-35(47)19-27(20-50-41)25-6-8-26(9-7-25)44(59)53-14-12-30(13-15-53)54-21-28-17-33-34(18-29(28)22-54)46(61)56(45(33)60)37-10-11-39(57)52-43(37)58/h2-6,17-20,24,26,30,37-38,42,51H,7-16,21-23H2,1H3,(H,52,57,58)/t24-,26?,37?,42+/m1/s1. The van der Waals surface area contributed by atoms with Crippen LogP contribution in [0.4, 0.5) is 13.2 Å². The van der Waals surface area contributed by atoms with Crippen LogP contribution < -0.4 is 5.32 Å². The minimum Gasteiger partial charge on any atom is -0.357 e. The lowest BCUT2D eigenvalue weighted by atomic mass is 9.85. The van der Waals surface area contributed by atoms with Crippen LogP contribution in [0.2, 0.25) is 0 Å². The topological polar surface area (TPSA) is 139 Å². The van der Waals surface area contributed by atoms with Crippen molar-refractivity contribution >= 4 is 46.0 Å². The van der Waals surface area contributed by atoms with Gasteiger partial charge in [-0.25, -0.2) is 13.2 Å². The number of para-hydroxylation sites is 1. The van der Waals surface area contributed by atoms with E-state index in [1.165, 1.54) is 6.07 Å². The quantitative estimate of drug-likeness (QED) is 0.220. The Labute approximate surface area is 350 Å². The average Bonchev–Trinajstić information content (AvgIpc) is 3.91. The first-order valence-corrected chi connectivity index (χ1v) is 21.3. The van der Waals surface area contributed by atoms with E-state index in [2.05, 4.69) is 20.2 Å². The summed E-state index contributed by atoms with van der Waals surface area (Å²) in [6.07, 6.45) is 5.12. The number of amides is 5. The number of imide groups is 2. The van der Waals surface area contributed by atoms with Crippen molar-refractivity contribution in [3.05, 3.63) is 105 Å². The molecule has 0 radical (unpaired) electrons. The van der Waals surface area contributed by atoms with Crippen molar-refractivity contribution in [1.29, 1.82) is 0 Å². The van der Waals surface area contributed by atoms with Crippen LogP contribution in [0.5, 0.6) is 0 Å². The Morgan fingerprint density at radius 3 is 2.31 bits per heavy atom. The number of rotatable bonds is 7. The molecule has 2 aromatic carbocycles. The molecule has 5 aliphatic heterocycles. The number of alkyl halides is 2. The average molecular weight is 834 g/mol. The minimum atomic E-state index is -2.59. The van der Waals surface area contributed by atoms with E-state index in [0.717, 1.165) is 50.9 Å². The highest BCUT2D eigenvalue weighted by atomic mass is 19.3. The van der Waals surface area contributed by atoms with Gasteiger partial charge < -0.3 is 9.88 Å². The number of fused-ring (bicyclic) bond motifs is 5. The summed E-state index contributed by atoms with van der Waals surface area (Å²) in [5, 5.41) is 3.24. The summed E-state index contributed by atoms with van der Waals surface area (Å²) in [4.78, 5) is 79.6. The monoisotopic (exact) mass is 833 g/mol. The molecule has 1 aliphatic carbocycles. The summed E-state index contributed by atoms with van der Waals surface area (Å²) in [6, 6.07) is 11.0. The van der Waals surface area contributed by atoms with Gasteiger partial charge in [-0.05, 0) is 104 Å². The zero-order chi connectivity index (χ0) is 42.3. The molecule has 12 nitrogen and oxygen atoms in total. The lowest BCUT2D eigenvalue weighted by Gasteiger charge is -2.40. The third-order valence-corrected chi connectivity index (χ3v) is 13.9. The van der Waals surface area contributed by atoms with Gasteiger partial charge in [0.1, 0.15) is 11.9 Å². The third kappa shape index (κ3) is 6.85. The van der Waals surface area contributed by atoms with Crippen molar-refractivity contribution in [2.45, 2.75) is 102 Å². The molecule has 2 fully saturated rings. The van der Waals surface area contributed by atoms with Crippen molar-refractivity contribution in [3.63, 3.8) is 0 Å². The molecule has 5 amide bonds. The summed E-state index contributed by atoms with van der Waals surface area (Å²) < 4.78 is 44.0. The number of benzene rings is 2. The molecule has 4 aromatic rings. The number of pyridine rings is 1. The van der Waals surface area contributed by atoms with Crippen molar-refractivity contribution in [1.82, 2.24) is 34.9 Å². The van der Waals surface area contributed by atoms with Crippen molar-refractivity contribution in [3.8, 4) is 0 Å². The number of piperidine rings is 2. The molecule has 6 aliphatic rings. The van der Waals surface area contributed by atoms with E-state index in [-0.39, 0.29) is 53.6 Å². The Morgan fingerprint density at radius 2 is 1.66 bits per heavy atom. The number of carbonyl (C=O) groups excluding carboxylic acids is 5. The Hall–Kier alpha value is -5.67. The Bertz CT molecular complexity index is 2500. The van der Waals surface area contributed by atoms with Gasteiger partial charge in [0.25, 0.3) is 18.2 Å². The molecule has 0 bridgehead atoms. The number of allylic oxidation sites excluding steroid dienone is 2. The normalized spacial score (nSPS) is 25.0. The fourth-order valence-electron chi connectivity index (χ4n) is 10.8. The number of hydrogen-bond donors (Lipinski definition) is 2. The molecule has 316 valence electrons. The van der Waals surface area contributed by atoms with Gasteiger partial charge in [-0.1, -0.05) is 24.3 Å². The van der Waals surface area contributed by atoms with Gasteiger partial charge in [0, 0.05) is 73.4 Å². The highest BCUT2D eigenvalue weighted by molar-refractivity contribution is 6.23. The predicted molar refractivity (Wildman–Crippen MR) is 217 cm³/mol. The van der Waals surface area contributed by atoms with Gasteiger partial charge >= 0.3 is 0 Å². The van der Waals surface area contributed by atoms with Crippen molar-refractivity contribution in [2.75, 3.05) is 19.6 Å². The number of likely N-dealkylation sites (tertiary alicyclic amines) is 1. The van der Waals surface area contributed by atoms with Crippen LogP contribution in [0.3, 0.4) is 0 Å². The van der Waals surface area contributed by atoms with E-state index >= 15 is 4.39 Å². The number of aromatic nitrogens is 2. The van der Waals surface area contributed by atoms with Gasteiger partial charge in [-0.2, -0.15) is 0 Å². The summed E-state index contributed by atoms with van der Waals surface area (Å²) in [5.74, 6) is -2.68. The van der Waals surface area contributed by atoms with Gasteiger partial charge in [0.05, 0.1) is 29.4 Å². The number of nitrogens with zero attached hydrogens (tertiary/aromatic N) is 5. The number of nitrogens with one attached hydrogen (secondary N) is 2. The van der Waals surface area contributed by atoms with Crippen LogP contribution in [0.25, 0.3) is 16.5 Å². The summed E-state index contributed by atoms with van der Waals surface area (Å²) in [6.45, 7) is 3.87. The molecule has 2 unspecified atom stereocenters. The Morgan fingerprint density at radius 1 is 0.934 bits per heavy atom. The number of H-pyrrole nitrogens is 1. The smallest absolute Gasteiger partial charge is 0.262 e. The van der Waals surface area contributed by atoms with E-state index in [1.54, 1.807) is 23.2 Å². The maximum absolute atomic E-state index is 16.2. The van der Waals surface area contributed by atoms with Crippen molar-refractivity contribution in [2.24, 2.45) is 5.92 Å². The van der Waals surface area contributed by atoms with Crippen LogP contribution in [0, 0.1) is 11.7 Å². The van der Waals surface area contributed by atoms with Gasteiger partial charge in [0.15, 0.2) is 0 Å². The van der Waals surface area contributed by atoms with Crippen LogP contribution in [-0.2, 0) is 33.9 Å². The first-order valence-electron chi connectivity index (χ1n) is 21.3. The summed E-state index contributed by atoms with van der Waals surface area (Å²) >= 11 is 0. The molecule has 2 saturated heterocycles. The van der Waals surface area contributed by atoms with Crippen molar-refractivity contribution < 1.29 is 37.1 Å². The molecule has 10 rings (SSSR count). The zero-order valence-corrected chi connectivity index (χ0v) is 33.8. The molecule has 7 heterocycles. The second kappa shape index (κ2) is 15.4. The number of hydrogen-bond acceptors (Lipinski definition) is 8. The zero-order valence-electron chi connectivity index (χ0n) is 33.8. The second-order valence-electron chi connectivity index (χ2n) is 17.5. The summed E-state index contributed by atoms with van der Waals surface area (Å²) in [7, 11) is 0. The summed E-state index contributed by atoms with van der Waals surface area (Å²) in [5.41, 5.74) is 6.76. The number of aromatic amines is 1. The first-order chi connectivity index (χ1) is 29.4. The highest BCUT2D eigenvalue weighted by Gasteiger charge is 2.46. The number of carbonyl (C=O) groups is 5. The molecule has 0 spiro atoms. The largest absolute Gasteiger partial charge is 0.357 e. The van der Waals surface area contributed by atoms with Crippen LogP contribution in [0.15, 0.2) is 54.7 Å². The fourth-order valence-corrected chi connectivity index (χ4v) is 10.8. The Kier molecular flexibility index (Phi) is 9.93. The maximum Gasteiger partial charge on any atom is 0.262 e. The molecule has 4 atom stereocenters. The molecule has 0 saturated carbocycles. The van der Waals surface area contributed by atoms with Crippen LogP contribution in [-0.4, -0.2) is 103 Å². The Balaban J connectivity index is 0.764. The van der Waals surface area contributed by atoms with Gasteiger partial charge in [-0.15, -0.1) is 0 Å². The molecular weight excluding hydrogens is 788 g/mol. The van der Waals surface area contributed by atoms with E-state index < -0.39 is 54.5 Å². The first kappa shape index (κ1) is 39.5. The SMILES string of the molecule is C[C@@H]1Cc2c([nH]c3ccccc23)[C@@H](c2ncc(C3=CCC(C(=O)N4CCC(N5Cc6cc7c(cc6C5)C(=O)N(C5CCC(=O)NC5=O)C7=O)CC4)CC3)cc2F)N1CC(F)F. The second-order valence-corrected chi connectivity index (χ2v) is 17.5. The molecule has 61 heavy (non-hydrogen) atoms. The fraction of sp³-hybridized carbons (Fsp3) is 0.435. The van der Waals surface area contributed by atoms with E-state index in [9.17, 15) is 32.8 Å². The van der Waals surface area contributed by atoms with E-state index in [0.29, 0.717) is 63.1 Å². The molecule has 2 aromatic heterocycles. The number of halogens is 3. The maximum atomic E-state index is 16.2. The molecule has 15 heteroatoms. The van der Waals surface area contributed by atoms with Gasteiger partial charge in [-0.3, -0.25) is 49.0 Å². The lowest BCUT2D eigenvalue weighted by molar-refractivity contribution is -0.138. The molecule has 2 N–H and O–H groups in total. The predicted octanol–water partition coefficient (Wildman–Crippen LogP) is 5.89. The van der Waals surface area contributed by atoms with E-state index in [1.807, 2.05) is 42.2 Å². The molecular formula is C46H46F3N7O5.